The summed E-state index contributed by atoms with van der Waals surface area (Å²) < 4.78 is 0. The highest BCUT2D eigenvalue weighted by Crippen LogP contribution is 2.23. The normalized spacial score (nSPS) is 9.89. The minimum absolute atomic E-state index is 0.00758. The molecule has 0 aromatic heterocycles. The summed E-state index contributed by atoms with van der Waals surface area (Å²) in [6.45, 7) is 3.02. The number of terminal acetylenes is 1. The Labute approximate surface area is 118 Å². The maximum Gasteiger partial charge on any atom is 0.227 e. The van der Waals surface area contributed by atoms with E-state index in [2.05, 4.69) is 5.92 Å². The van der Waals surface area contributed by atoms with E-state index < -0.39 is 0 Å². The molecule has 0 aliphatic heterocycles. The topological polar surface area (TPSA) is 20.3 Å². The van der Waals surface area contributed by atoms with Crippen molar-refractivity contribution in [3.63, 3.8) is 0 Å². The molecule has 1 rings (SSSR count). The van der Waals surface area contributed by atoms with Gasteiger partial charge in [-0.15, -0.1) is 6.42 Å². The van der Waals surface area contributed by atoms with Crippen LogP contribution >= 0.6 is 23.2 Å². The molecule has 0 radical (unpaired) electrons. The average molecular weight is 284 g/mol. The molecule has 4 heteroatoms. The van der Waals surface area contributed by atoms with Gasteiger partial charge >= 0.3 is 0 Å². The molecule has 0 saturated heterocycles. The van der Waals surface area contributed by atoms with Gasteiger partial charge in [0.1, 0.15) is 0 Å². The lowest BCUT2D eigenvalue weighted by molar-refractivity contribution is -0.129. The number of carbonyl (C=O) groups excluding carboxylic acids is 1. The van der Waals surface area contributed by atoms with E-state index in [0.29, 0.717) is 29.6 Å². The summed E-state index contributed by atoms with van der Waals surface area (Å²) in [6, 6.07) is 5.20. The number of nitrogens with zero attached hydrogens (tertiary/aromatic N) is 1. The molecule has 1 amide bonds. The molecule has 0 N–H and O–H groups in total. The van der Waals surface area contributed by atoms with Crippen LogP contribution in [0.4, 0.5) is 0 Å². The summed E-state index contributed by atoms with van der Waals surface area (Å²) in [5.74, 6) is 2.51. The quantitative estimate of drug-likeness (QED) is 0.759. The summed E-state index contributed by atoms with van der Waals surface area (Å²) in [5.41, 5.74) is 0.840. The third-order valence-corrected chi connectivity index (χ3v) is 3.21. The first-order valence-corrected chi connectivity index (χ1v) is 6.49. The van der Waals surface area contributed by atoms with Crippen molar-refractivity contribution in [1.29, 1.82) is 0 Å². The SMILES string of the molecule is C#CCN(CCC)C(=O)Cc1ccc(Cl)c(Cl)c1. The van der Waals surface area contributed by atoms with Gasteiger partial charge in [0.15, 0.2) is 0 Å². The Morgan fingerprint density at radius 3 is 2.67 bits per heavy atom. The van der Waals surface area contributed by atoms with Crippen LogP contribution in [0.15, 0.2) is 18.2 Å². The highest BCUT2D eigenvalue weighted by atomic mass is 35.5. The van der Waals surface area contributed by atoms with Gasteiger partial charge in [0.05, 0.1) is 23.0 Å². The number of amides is 1. The zero-order valence-corrected chi connectivity index (χ0v) is 11.8. The molecule has 1 aromatic carbocycles. The largest absolute Gasteiger partial charge is 0.331 e. The third-order valence-electron chi connectivity index (χ3n) is 2.47. The first-order valence-electron chi connectivity index (χ1n) is 5.73. The van der Waals surface area contributed by atoms with Crippen molar-refractivity contribution in [3.8, 4) is 12.3 Å². The molecule has 0 bridgehead atoms. The fraction of sp³-hybridized carbons (Fsp3) is 0.357. The molecule has 0 aliphatic carbocycles. The van der Waals surface area contributed by atoms with Crippen LogP contribution in [-0.2, 0) is 11.2 Å². The zero-order chi connectivity index (χ0) is 13.5. The van der Waals surface area contributed by atoms with Crippen molar-refractivity contribution in [1.82, 2.24) is 4.90 Å². The Bertz CT molecular complexity index is 465. The third kappa shape index (κ3) is 4.25. The Hall–Kier alpha value is -1.17. The maximum atomic E-state index is 12.0. The number of carbonyl (C=O) groups is 1. The number of benzene rings is 1. The minimum Gasteiger partial charge on any atom is -0.331 e. The molecule has 1 aromatic rings. The predicted octanol–water partition coefficient (Wildman–Crippen LogP) is 3.41. The highest BCUT2D eigenvalue weighted by molar-refractivity contribution is 6.42. The summed E-state index contributed by atoms with van der Waals surface area (Å²) in [4.78, 5) is 13.7. The van der Waals surface area contributed by atoms with Crippen molar-refractivity contribution < 1.29 is 4.79 Å². The number of hydrogen-bond acceptors (Lipinski definition) is 1. The van der Waals surface area contributed by atoms with Crippen molar-refractivity contribution >= 4 is 29.1 Å². The van der Waals surface area contributed by atoms with Crippen LogP contribution in [-0.4, -0.2) is 23.9 Å². The molecular formula is C14H15Cl2NO. The summed E-state index contributed by atoms with van der Waals surface area (Å²) in [5, 5.41) is 0.947. The molecule has 0 aliphatic rings. The molecule has 96 valence electrons. The lowest BCUT2D eigenvalue weighted by Gasteiger charge is -2.19. The monoisotopic (exact) mass is 283 g/mol. The van der Waals surface area contributed by atoms with Gasteiger partial charge in [0.25, 0.3) is 0 Å². The van der Waals surface area contributed by atoms with Crippen LogP contribution in [0.5, 0.6) is 0 Å². The van der Waals surface area contributed by atoms with Gasteiger partial charge in [-0.05, 0) is 24.1 Å². The highest BCUT2D eigenvalue weighted by Gasteiger charge is 2.12. The van der Waals surface area contributed by atoms with Gasteiger partial charge in [-0.25, -0.2) is 0 Å². The second-order valence-corrected chi connectivity index (χ2v) is 4.76. The fourth-order valence-corrected chi connectivity index (χ4v) is 1.93. The first kappa shape index (κ1) is 14.9. The predicted molar refractivity (Wildman–Crippen MR) is 75.9 cm³/mol. The fourth-order valence-electron chi connectivity index (χ4n) is 1.61. The van der Waals surface area contributed by atoms with E-state index in [1.165, 1.54) is 0 Å². The van der Waals surface area contributed by atoms with Gasteiger partial charge < -0.3 is 4.90 Å². The molecule has 0 atom stereocenters. The molecule has 0 heterocycles. The van der Waals surface area contributed by atoms with Crippen LogP contribution in [0.3, 0.4) is 0 Å². The van der Waals surface area contributed by atoms with Crippen molar-refractivity contribution in [2.75, 3.05) is 13.1 Å². The van der Waals surface area contributed by atoms with Crippen LogP contribution in [0, 0.1) is 12.3 Å². The summed E-state index contributed by atoms with van der Waals surface area (Å²) in [7, 11) is 0. The second-order valence-electron chi connectivity index (χ2n) is 3.94. The van der Waals surface area contributed by atoms with Gasteiger partial charge in [-0.2, -0.15) is 0 Å². The van der Waals surface area contributed by atoms with Crippen molar-refractivity contribution in [3.05, 3.63) is 33.8 Å². The Kier molecular flexibility index (Phi) is 6.04. The van der Waals surface area contributed by atoms with Crippen molar-refractivity contribution in [2.45, 2.75) is 19.8 Å². The zero-order valence-electron chi connectivity index (χ0n) is 10.2. The number of halogens is 2. The molecule has 0 unspecified atom stereocenters. The summed E-state index contributed by atoms with van der Waals surface area (Å²) >= 11 is 11.7. The van der Waals surface area contributed by atoms with E-state index in [1.54, 1.807) is 23.1 Å². The van der Waals surface area contributed by atoms with Gasteiger partial charge in [-0.1, -0.05) is 42.1 Å². The minimum atomic E-state index is 0.00758. The molecule has 0 fully saturated rings. The van der Waals surface area contributed by atoms with E-state index in [9.17, 15) is 4.79 Å². The van der Waals surface area contributed by atoms with Crippen LogP contribution in [0.25, 0.3) is 0 Å². The molecule has 2 nitrogen and oxygen atoms in total. The molecule has 0 spiro atoms. The van der Waals surface area contributed by atoms with E-state index in [1.807, 2.05) is 6.92 Å². The summed E-state index contributed by atoms with van der Waals surface area (Å²) in [6.07, 6.45) is 6.43. The second kappa shape index (κ2) is 7.31. The number of rotatable bonds is 5. The average Bonchev–Trinajstić information content (AvgIpc) is 2.33. The Morgan fingerprint density at radius 1 is 1.39 bits per heavy atom. The Morgan fingerprint density at radius 2 is 2.11 bits per heavy atom. The van der Waals surface area contributed by atoms with Crippen molar-refractivity contribution in [2.24, 2.45) is 0 Å². The lowest BCUT2D eigenvalue weighted by Crippen LogP contribution is -2.33. The maximum absolute atomic E-state index is 12.0. The van der Waals surface area contributed by atoms with Gasteiger partial charge in [0, 0.05) is 6.54 Å². The standard InChI is InChI=1S/C14H15Cl2NO/c1-3-7-17(8-4-2)14(18)10-11-5-6-12(15)13(16)9-11/h1,5-6,9H,4,7-8,10H2,2H3. The van der Waals surface area contributed by atoms with Crippen LogP contribution in [0.2, 0.25) is 10.0 Å². The first-order chi connectivity index (χ1) is 8.58. The van der Waals surface area contributed by atoms with Crippen LogP contribution in [0.1, 0.15) is 18.9 Å². The molecular weight excluding hydrogens is 269 g/mol. The van der Waals surface area contributed by atoms with Crippen LogP contribution < -0.4 is 0 Å². The number of hydrogen-bond donors (Lipinski definition) is 0. The Balaban J connectivity index is 2.73. The van der Waals surface area contributed by atoms with E-state index in [0.717, 1.165) is 12.0 Å². The van der Waals surface area contributed by atoms with E-state index in [-0.39, 0.29) is 5.91 Å². The molecule has 0 saturated carbocycles. The van der Waals surface area contributed by atoms with Gasteiger partial charge in [-0.3, -0.25) is 4.79 Å². The van der Waals surface area contributed by atoms with E-state index >= 15 is 0 Å². The lowest BCUT2D eigenvalue weighted by atomic mass is 10.1. The van der Waals surface area contributed by atoms with E-state index in [4.69, 9.17) is 29.6 Å². The smallest absolute Gasteiger partial charge is 0.227 e. The molecule has 18 heavy (non-hydrogen) atoms. The van der Waals surface area contributed by atoms with Gasteiger partial charge in [0.2, 0.25) is 5.91 Å².